The molecule has 0 radical (unpaired) electrons. The highest BCUT2D eigenvalue weighted by atomic mass is 16.5. The lowest BCUT2D eigenvalue weighted by molar-refractivity contribution is 0.397. The third-order valence-corrected chi connectivity index (χ3v) is 3.56. The van der Waals surface area contributed by atoms with Crippen molar-refractivity contribution >= 4 is 0 Å². The first-order chi connectivity index (χ1) is 7.26. The average Bonchev–Trinajstić information content (AvgIpc) is 2.28. The highest BCUT2D eigenvalue weighted by Gasteiger charge is 2.25. The highest BCUT2D eigenvalue weighted by molar-refractivity contribution is 5.39. The molecule has 0 aliphatic heterocycles. The molecule has 2 N–H and O–H groups in total. The van der Waals surface area contributed by atoms with Crippen molar-refractivity contribution in [2.24, 2.45) is 11.7 Å². The van der Waals surface area contributed by atoms with Crippen LogP contribution >= 0.6 is 0 Å². The van der Waals surface area contributed by atoms with E-state index in [1.165, 1.54) is 17.5 Å². The minimum Gasteiger partial charge on any atom is -0.497 e. The number of nitrogens with two attached hydrogens (primary N) is 1. The minimum absolute atomic E-state index is 0.527. The van der Waals surface area contributed by atoms with E-state index in [0.29, 0.717) is 11.8 Å². The van der Waals surface area contributed by atoms with Gasteiger partial charge in [-0.15, -0.1) is 0 Å². The molecule has 2 heteroatoms. The fraction of sp³-hybridized carbons (Fsp3) is 0.538. The van der Waals surface area contributed by atoms with Gasteiger partial charge in [-0.05, 0) is 54.5 Å². The number of ether oxygens (including phenoxy) is 1. The molecule has 0 saturated carbocycles. The van der Waals surface area contributed by atoms with E-state index in [1.54, 1.807) is 7.11 Å². The smallest absolute Gasteiger partial charge is 0.119 e. The number of rotatable bonds is 2. The normalized spacial score (nSPS) is 24.7. The maximum atomic E-state index is 5.85. The standard InChI is InChI=1S/C13H19NO/c1-9-3-4-10-7-11(15-2)5-6-12(10)13(9)8-14/h5-7,9,13H,3-4,8,14H2,1-2H3. The molecule has 0 amide bonds. The number of benzene rings is 1. The van der Waals surface area contributed by atoms with Gasteiger partial charge in [0.2, 0.25) is 0 Å². The van der Waals surface area contributed by atoms with Crippen LogP contribution in [0.25, 0.3) is 0 Å². The zero-order chi connectivity index (χ0) is 10.8. The lowest BCUT2D eigenvalue weighted by atomic mass is 9.76. The van der Waals surface area contributed by atoms with Gasteiger partial charge in [-0.1, -0.05) is 13.0 Å². The van der Waals surface area contributed by atoms with Gasteiger partial charge in [0.25, 0.3) is 0 Å². The first-order valence-corrected chi connectivity index (χ1v) is 5.63. The molecule has 1 aliphatic rings. The Kier molecular flexibility index (Phi) is 2.96. The van der Waals surface area contributed by atoms with E-state index in [9.17, 15) is 0 Å². The van der Waals surface area contributed by atoms with E-state index in [0.717, 1.165) is 18.7 Å². The van der Waals surface area contributed by atoms with Crippen LogP contribution in [0, 0.1) is 5.92 Å². The Bertz CT molecular complexity index is 348. The van der Waals surface area contributed by atoms with Crippen LogP contribution in [0.4, 0.5) is 0 Å². The molecule has 2 nitrogen and oxygen atoms in total. The van der Waals surface area contributed by atoms with Crippen molar-refractivity contribution in [3.8, 4) is 5.75 Å². The van der Waals surface area contributed by atoms with Crippen LogP contribution in [0.1, 0.15) is 30.4 Å². The Morgan fingerprint density at radius 3 is 2.93 bits per heavy atom. The molecule has 2 atom stereocenters. The Labute approximate surface area is 91.4 Å². The molecule has 0 saturated heterocycles. The zero-order valence-electron chi connectivity index (χ0n) is 9.49. The van der Waals surface area contributed by atoms with Crippen molar-refractivity contribution in [1.29, 1.82) is 0 Å². The number of hydrogen-bond donors (Lipinski definition) is 1. The fourth-order valence-corrected chi connectivity index (χ4v) is 2.54. The van der Waals surface area contributed by atoms with Gasteiger partial charge in [-0.25, -0.2) is 0 Å². The molecule has 0 heterocycles. The van der Waals surface area contributed by atoms with Gasteiger partial charge in [-0.2, -0.15) is 0 Å². The van der Waals surface area contributed by atoms with Gasteiger partial charge in [0, 0.05) is 0 Å². The van der Waals surface area contributed by atoms with E-state index < -0.39 is 0 Å². The van der Waals surface area contributed by atoms with Crippen molar-refractivity contribution in [2.75, 3.05) is 13.7 Å². The molecule has 2 rings (SSSR count). The average molecular weight is 205 g/mol. The van der Waals surface area contributed by atoms with Crippen molar-refractivity contribution in [1.82, 2.24) is 0 Å². The Hall–Kier alpha value is -1.02. The largest absolute Gasteiger partial charge is 0.497 e. The van der Waals surface area contributed by atoms with Crippen LogP contribution in [-0.4, -0.2) is 13.7 Å². The van der Waals surface area contributed by atoms with Crippen LogP contribution in [0.2, 0.25) is 0 Å². The lowest BCUT2D eigenvalue weighted by Crippen LogP contribution is -2.25. The van der Waals surface area contributed by atoms with Gasteiger partial charge in [0.05, 0.1) is 7.11 Å². The maximum Gasteiger partial charge on any atom is 0.119 e. The van der Waals surface area contributed by atoms with E-state index >= 15 is 0 Å². The summed E-state index contributed by atoms with van der Waals surface area (Å²) in [7, 11) is 1.72. The summed E-state index contributed by atoms with van der Waals surface area (Å²) < 4.78 is 5.24. The predicted molar refractivity (Wildman–Crippen MR) is 62.3 cm³/mol. The summed E-state index contributed by atoms with van der Waals surface area (Å²) in [6.07, 6.45) is 2.40. The first-order valence-electron chi connectivity index (χ1n) is 5.63. The quantitative estimate of drug-likeness (QED) is 0.804. The topological polar surface area (TPSA) is 35.2 Å². The summed E-state index contributed by atoms with van der Waals surface area (Å²) in [6.45, 7) is 3.05. The van der Waals surface area contributed by atoms with Crippen LogP contribution in [0.5, 0.6) is 5.75 Å². The summed E-state index contributed by atoms with van der Waals surface area (Å²) in [5, 5.41) is 0. The van der Waals surface area contributed by atoms with Crippen LogP contribution in [0.15, 0.2) is 18.2 Å². The minimum atomic E-state index is 0.527. The fourth-order valence-electron chi connectivity index (χ4n) is 2.54. The molecule has 0 fully saturated rings. The molecule has 1 aliphatic carbocycles. The molecule has 2 unspecified atom stereocenters. The van der Waals surface area contributed by atoms with E-state index in [2.05, 4.69) is 19.1 Å². The van der Waals surface area contributed by atoms with E-state index in [-0.39, 0.29) is 0 Å². The number of methoxy groups -OCH3 is 1. The van der Waals surface area contributed by atoms with Crippen molar-refractivity contribution in [3.63, 3.8) is 0 Å². The third kappa shape index (κ3) is 1.86. The summed E-state index contributed by atoms with van der Waals surface area (Å²) >= 11 is 0. The monoisotopic (exact) mass is 205 g/mol. The molecular weight excluding hydrogens is 186 g/mol. The van der Waals surface area contributed by atoms with Crippen LogP contribution < -0.4 is 10.5 Å². The molecule has 0 spiro atoms. The van der Waals surface area contributed by atoms with Gasteiger partial charge in [0.1, 0.15) is 5.75 Å². The molecule has 0 bridgehead atoms. The number of aryl methyl sites for hydroxylation is 1. The second-order valence-electron chi connectivity index (χ2n) is 4.42. The maximum absolute atomic E-state index is 5.85. The predicted octanol–water partition coefficient (Wildman–Crippen LogP) is 2.32. The zero-order valence-corrected chi connectivity index (χ0v) is 9.49. The lowest BCUT2D eigenvalue weighted by Gasteiger charge is -2.30. The van der Waals surface area contributed by atoms with E-state index in [4.69, 9.17) is 10.5 Å². The number of fused-ring (bicyclic) bond motifs is 1. The van der Waals surface area contributed by atoms with Crippen molar-refractivity contribution in [3.05, 3.63) is 29.3 Å². The summed E-state index contributed by atoms with van der Waals surface area (Å²) in [5.74, 6) is 2.19. The second kappa shape index (κ2) is 4.23. The molecule has 0 aromatic heterocycles. The first kappa shape index (κ1) is 10.5. The van der Waals surface area contributed by atoms with Gasteiger partial charge in [0.15, 0.2) is 0 Å². The molecule has 82 valence electrons. The third-order valence-electron chi connectivity index (χ3n) is 3.56. The van der Waals surface area contributed by atoms with Crippen LogP contribution in [-0.2, 0) is 6.42 Å². The Balaban J connectivity index is 2.38. The van der Waals surface area contributed by atoms with Gasteiger partial charge >= 0.3 is 0 Å². The summed E-state index contributed by atoms with van der Waals surface area (Å²) in [4.78, 5) is 0. The number of hydrogen-bond acceptors (Lipinski definition) is 2. The van der Waals surface area contributed by atoms with E-state index in [1.807, 2.05) is 6.07 Å². The Morgan fingerprint density at radius 2 is 2.27 bits per heavy atom. The molecular formula is C13H19NO. The van der Waals surface area contributed by atoms with Crippen molar-refractivity contribution in [2.45, 2.75) is 25.7 Å². The second-order valence-corrected chi connectivity index (χ2v) is 4.42. The van der Waals surface area contributed by atoms with Gasteiger partial charge in [-0.3, -0.25) is 0 Å². The van der Waals surface area contributed by atoms with Gasteiger partial charge < -0.3 is 10.5 Å². The summed E-state index contributed by atoms with van der Waals surface area (Å²) in [6, 6.07) is 6.38. The SMILES string of the molecule is COc1ccc2c(c1)CCC(C)C2CN. The highest BCUT2D eigenvalue weighted by Crippen LogP contribution is 2.36. The van der Waals surface area contributed by atoms with Crippen LogP contribution in [0.3, 0.4) is 0 Å². The Morgan fingerprint density at radius 1 is 1.47 bits per heavy atom. The molecule has 1 aromatic rings. The molecule has 1 aromatic carbocycles. The van der Waals surface area contributed by atoms with Crippen molar-refractivity contribution < 1.29 is 4.74 Å². The molecule has 15 heavy (non-hydrogen) atoms. The summed E-state index contributed by atoms with van der Waals surface area (Å²) in [5.41, 5.74) is 8.69.